The largest absolute Gasteiger partial charge is 0.376 e. The molecule has 1 aliphatic carbocycles. The number of halogens is 5. The van der Waals surface area contributed by atoms with E-state index in [1.54, 1.807) is 18.2 Å². The van der Waals surface area contributed by atoms with Gasteiger partial charge in [0.05, 0.1) is 26.8 Å². The summed E-state index contributed by atoms with van der Waals surface area (Å²) >= 11 is 25.3. The summed E-state index contributed by atoms with van der Waals surface area (Å²) in [5.74, 6) is -0.213. The molecule has 0 bridgehead atoms. The van der Waals surface area contributed by atoms with Crippen LogP contribution in [-0.2, 0) is 0 Å². The highest BCUT2D eigenvalue weighted by Gasteiger charge is 2.42. The average Bonchev–Trinajstić information content (AvgIpc) is 3.01. The maximum Gasteiger partial charge on any atom is 0.129 e. The van der Waals surface area contributed by atoms with Crippen molar-refractivity contribution in [1.29, 1.82) is 0 Å². The van der Waals surface area contributed by atoms with Crippen LogP contribution in [0.2, 0.25) is 20.1 Å². The zero-order valence-corrected chi connectivity index (χ0v) is 15.3. The van der Waals surface area contributed by atoms with E-state index in [-0.39, 0.29) is 23.7 Å². The van der Waals surface area contributed by atoms with Crippen molar-refractivity contribution in [3.63, 3.8) is 0 Å². The number of rotatable bonds is 1. The number of allylic oxidation sites excluding steroid dienone is 2. The van der Waals surface area contributed by atoms with Gasteiger partial charge in [-0.2, -0.15) is 0 Å². The second-order valence-corrected chi connectivity index (χ2v) is 7.65. The van der Waals surface area contributed by atoms with Crippen LogP contribution >= 0.6 is 46.4 Å². The van der Waals surface area contributed by atoms with Gasteiger partial charge in [-0.25, -0.2) is 4.39 Å². The summed E-state index contributed by atoms with van der Waals surface area (Å²) in [7, 11) is 0. The molecule has 1 aliphatic heterocycles. The smallest absolute Gasteiger partial charge is 0.129 e. The lowest BCUT2D eigenvalue weighted by molar-refractivity contribution is 0.413. The van der Waals surface area contributed by atoms with Crippen molar-refractivity contribution in [3.8, 4) is 0 Å². The third-order valence-electron chi connectivity index (χ3n) is 4.79. The van der Waals surface area contributed by atoms with Crippen LogP contribution in [0.25, 0.3) is 0 Å². The molecule has 3 atom stereocenters. The topological polar surface area (TPSA) is 12.0 Å². The molecule has 0 radical (unpaired) electrons. The van der Waals surface area contributed by atoms with E-state index in [0.29, 0.717) is 31.3 Å². The Bertz CT molecular complexity index is 844. The van der Waals surface area contributed by atoms with Gasteiger partial charge in [-0.1, -0.05) is 64.6 Å². The molecule has 0 fully saturated rings. The molecular formula is C18H12Cl4FN. The molecule has 2 aromatic rings. The summed E-state index contributed by atoms with van der Waals surface area (Å²) in [6.45, 7) is 0. The minimum atomic E-state index is -0.328. The molecule has 0 unspecified atom stereocenters. The fourth-order valence-corrected chi connectivity index (χ4v) is 4.84. The van der Waals surface area contributed by atoms with Crippen molar-refractivity contribution in [2.75, 3.05) is 5.32 Å². The quantitative estimate of drug-likeness (QED) is 0.390. The Hall–Kier alpha value is -0.930. The molecule has 1 heterocycles. The van der Waals surface area contributed by atoms with Crippen molar-refractivity contribution >= 4 is 52.1 Å². The summed E-state index contributed by atoms with van der Waals surface area (Å²) in [4.78, 5) is 0. The first kappa shape index (κ1) is 16.5. The molecule has 0 saturated heterocycles. The first-order chi connectivity index (χ1) is 11.5. The summed E-state index contributed by atoms with van der Waals surface area (Å²) < 4.78 is 14.5. The minimum absolute atomic E-state index is 0.0191. The maximum absolute atomic E-state index is 14.5. The van der Waals surface area contributed by atoms with Crippen LogP contribution in [0.1, 0.15) is 29.5 Å². The Morgan fingerprint density at radius 3 is 2.54 bits per heavy atom. The Morgan fingerprint density at radius 2 is 1.79 bits per heavy atom. The monoisotopic (exact) mass is 401 g/mol. The number of fused-ring (bicyclic) bond motifs is 3. The van der Waals surface area contributed by atoms with Gasteiger partial charge in [-0.3, -0.25) is 0 Å². The van der Waals surface area contributed by atoms with Gasteiger partial charge in [0.2, 0.25) is 0 Å². The molecule has 2 aliphatic rings. The van der Waals surface area contributed by atoms with Crippen LogP contribution < -0.4 is 5.32 Å². The van der Waals surface area contributed by atoms with Gasteiger partial charge in [0.25, 0.3) is 0 Å². The lowest BCUT2D eigenvalue weighted by Gasteiger charge is -2.39. The molecule has 2 aromatic carbocycles. The molecule has 124 valence electrons. The normalized spacial score (nSPS) is 24.5. The molecule has 0 saturated carbocycles. The van der Waals surface area contributed by atoms with Crippen LogP contribution in [-0.4, -0.2) is 0 Å². The summed E-state index contributed by atoms with van der Waals surface area (Å²) in [5.41, 5.74) is 2.03. The maximum atomic E-state index is 14.5. The van der Waals surface area contributed by atoms with Crippen LogP contribution in [0.4, 0.5) is 10.1 Å². The van der Waals surface area contributed by atoms with Crippen LogP contribution in [0.15, 0.2) is 36.4 Å². The zero-order valence-electron chi connectivity index (χ0n) is 12.3. The average molecular weight is 403 g/mol. The molecule has 1 N–H and O–H groups in total. The van der Waals surface area contributed by atoms with Crippen molar-refractivity contribution in [1.82, 2.24) is 0 Å². The fourth-order valence-electron chi connectivity index (χ4n) is 3.76. The molecule has 1 nitrogen and oxygen atoms in total. The van der Waals surface area contributed by atoms with Gasteiger partial charge < -0.3 is 5.32 Å². The first-order valence-corrected chi connectivity index (χ1v) is 9.04. The van der Waals surface area contributed by atoms with E-state index in [9.17, 15) is 4.39 Å². The predicted molar refractivity (Wildman–Crippen MR) is 99.2 cm³/mol. The molecule has 6 heteroatoms. The predicted octanol–water partition coefficient (Wildman–Crippen LogP) is 7.27. The summed E-state index contributed by atoms with van der Waals surface area (Å²) in [6, 6.07) is 6.04. The number of hydrogen-bond donors (Lipinski definition) is 1. The number of nitrogens with one attached hydrogen (secondary N) is 1. The van der Waals surface area contributed by atoms with E-state index in [1.165, 1.54) is 6.07 Å². The van der Waals surface area contributed by atoms with E-state index in [1.807, 2.05) is 0 Å². The number of benzene rings is 2. The van der Waals surface area contributed by atoms with Crippen LogP contribution in [0, 0.1) is 11.7 Å². The van der Waals surface area contributed by atoms with E-state index in [4.69, 9.17) is 46.4 Å². The summed E-state index contributed by atoms with van der Waals surface area (Å²) in [6.07, 6.45) is 4.97. The van der Waals surface area contributed by atoms with Gasteiger partial charge in [-0.15, -0.1) is 0 Å². The molecule has 24 heavy (non-hydrogen) atoms. The van der Waals surface area contributed by atoms with Crippen molar-refractivity contribution in [2.24, 2.45) is 5.92 Å². The summed E-state index contributed by atoms with van der Waals surface area (Å²) in [5, 5.41) is 5.14. The lowest BCUT2D eigenvalue weighted by atomic mass is 9.77. The third-order valence-corrected chi connectivity index (χ3v) is 6.22. The van der Waals surface area contributed by atoms with E-state index in [2.05, 4.69) is 17.5 Å². The highest BCUT2D eigenvalue weighted by molar-refractivity contribution is 6.44. The first-order valence-electron chi connectivity index (χ1n) is 7.53. The molecule has 0 spiro atoms. The molecular weight excluding hydrogens is 391 g/mol. The molecule has 0 amide bonds. The van der Waals surface area contributed by atoms with Crippen LogP contribution in [0.5, 0.6) is 0 Å². The van der Waals surface area contributed by atoms with Crippen molar-refractivity contribution < 1.29 is 4.39 Å². The Balaban J connectivity index is 1.92. The van der Waals surface area contributed by atoms with Crippen LogP contribution in [0.3, 0.4) is 0 Å². The number of anilines is 1. The second kappa shape index (κ2) is 6.10. The fraction of sp³-hybridized carbons (Fsp3) is 0.222. The highest BCUT2D eigenvalue weighted by atomic mass is 35.5. The Morgan fingerprint density at radius 1 is 1.00 bits per heavy atom. The number of hydrogen-bond acceptors (Lipinski definition) is 1. The van der Waals surface area contributed by atoms with Gasteiger partial charge in [-0.05, 0) is 30.5 Å². The van der Waals surface area contributed by atoms with E-state index < -0.39 is 0 Å². The SMILES string of the molecule is Fc1cccc(Cl)c1[C@@H]1Nc2c(Cl)cc(Cl)c(Cl)c2[C@@H]2C=CC[C@H]21. The Labute approximate surface area is 159 Å². The van der Waals surface area contributed by atoms with Gasteiger partial charge in [0, 0.05) is 22.1 Å². The van der Waals surface area contributed by atoms with E-state index >= 15 is 0 Å². The van der Waals surface area contributed by atoms with Gasteiger partial charge in [0.15, 0.2) is 0 Å². The minimum Gasteiger partial charge on any atom is -0.376 e. The lowest BCUT2D eigenvalue weighted by Crippen LogP contribution is -2.30. The van der Waals surface area contributed by atoms with Crippen molar-refractivity contribution in [2.45, 2.75) is 18.4 Å². The second-order valence-electron chi connectivity index (χ2n) is 6.05. The molecule has 4 rings (SSSR count). The highest BCUT2D eigenvalue weighted by Crippen LogP contribution is 2.55. The zero-order chi connectivity index (χ0) is 17.0. The standard InChI is InChI=1S/C18H12Cl4FN/c19-10-5-2-6-13(23)15(10)17-9-4-1-3-8(9)14-16(22)11(20)7-12(21)18(14)24-17/h1-3,5-9,17,24H,4H2/t8-,9-,17-/m1/s1. The van der Waals surface area contributed by atoms with Crippen molar-refractivity contribution in [3.05, 3.63) is 73.5 Å². The Kier molecular flexibility index (Phi) is 4.20. The molecule has 0 aromatic heterocycles. The van der Waals surface area contributed by atoms with Gasteiger partial charge in [0.1, 0.15) is 5.82 Å². The van der Waals surface area contributed by atoms with Gasteiger partial charge >= 0.3 is 0 Å². The third kappa shape index (κ3) is 2.43. The van der Waals surface area contributed by atoms with E-state index in [0.717, 1.165) is 12.0 Å².